The van der Waals surface area contributed by atoms with Gasteiger partial charge in [-0.25, -0.2) is 9.59 Å². The fourth-order valence-corrected chi connectivity index (χ4v) is 3.27. The third-order valence-corrected chi connectivity index (χ3v) is 4.46. The number of hydrogen-bond donors (Lipinski definition) is 2. The number of nitrogens with one attached hydrogen (secondary N) is 2. The molecule has 0 aromatic carbocycles. The van der Waals surface area contributed by atoms with Crippen LogP contribution in [0.25, 0.3) is 0 Å². The second-order valence-electron chi connectivity index (χ2n) is 6.28. The topological polar surface area (TPSA) is 103 Å². The van der Waals surface area contributed by atoms with E-state index in [9.17, 15) is 9.59 Å². The summed E-state index contributed by atoms with van der Waals surface area (Å²) in [6, 6.07) is 1.41. The van der Waals surface area contributed by atoms with E-state index in [1.165, 1.54) is 6.07 Å². The minimum Gasteiger partial charge on any atom is -0.461 e. The molecule has 0 saturated carbocycles. The van der Waals surface area contributed by atoms with Gasteiger partial charge in [0.05, 0.1) is 6.61 Å². The van der Waals surface area contributed by atoms with E-state index in [4.69, 9.17) is 14.0 Å². The zero-order valence-electron chi connectivity index (χ0n) is 14.3. The molecule has 0 bridgehead atoms. The zero-order chi connectivity index (χ0) is 17.6. The maximum atomic E-state index is 11.7. The number of hydrogen-bond acceptors (Lipinski definition) is 7. The Morgan fingerprint density at radius 2 is 2.08 bits per heavy atom. The monoisotopic (exact) mass is 349 g/mol. The van der Waals surface area contributed by atoms with Crippen molar-refractivity contribution in [3.05, 3.63) is 28.7 Å². The Kier molecular flexibility index (Phi) is 5.70. The van der Waals surface area contributed by atoms with Crippen molar-refractivity contribution in [2.75, 3.05) is 26.2 Å². The fraction of sp³-hybridized carbons (Fsp3) is 0.588. The Labute approximate surface area is 145 Å². The molecule has 1 aromatic rings. The zero-order valence-corrected chi connectivity index (χ0v) is 14.3. The van der Waals surface area contributed by atoms with Gasteiger partial charge in [-0.3, -0.25) is 0 Å². The van der Waals surface area contributed by atoms with Crippen molar-refractivity contribution in [3.63, 3.8) is 0 Å². The first-order valence-corrected chi connectivity index (χ1v) is 8.59. The van der Waals surface area contributed by atoms with Crippen LogP contribution in [0.2, 0.25) is 0 Å². The third kappa shape index (κ3) is 4.60. The number of carbonyl (C=O) groups excluding carboxylic acids is 2. The highest BCUT2D eigenvalue weighted by atomic mass is 16.6. The molecule has 2 N–H and O–H groups in total. The highest BCUT2D eigenvalue weighted by Crippen LogP contribution is 2.34. The van der Waals surface area contributed by atoms with Crippen molar-refractivity contribution < 1.29 is 23.6 Å². The summed E-state index contributed by atoms with van der Waals surface area (Å²) >= 11 is 0. The number of ether oxygens (including phenoxy) is 2. The Balaban J connectivity index is 1.31. The van der Waals surface area contributed by atoms with E-state index in [0.29, 0.717) is 18.2 Å². The van der Waals surface area contributed by atoms with E-state index in [-0.39, 0.29) is 18.9 Å². The van der Waals surface area contributed by atoms with E-state index >= 15 is 0 Å². The van der Waals surface area contributed by atoms with Crippen molar-refractivity contribution in [1.29, 1.82) is 0 Å². The Morgan fingerprint density at radius 3 is 2.80 bits per heavy atom. The maximum absolute atomic E-state index is 11.7. The van der Waals surface area contributed by atoms with Crippen molar-refractivity contribution in [1.82, 2.24) is 15.8 Å². The van der Waals surface area contributed by atoms with Crippen molar-refractivity contribution in [2.24, 2.45) is 5.92 Å². The first-order valence-electron chi connectivity index (χ1n) is 8.59. The Hall–Kier alpha value is -2.35. The lowest BCUT2D eigenvalue weighted by Crippen LogP contribution is -2.26. The summed E-state index contributed by atoms with van der Waals surface area (Å²) in [5.74, 6) is 0.352. The molecule has 0 spiro atoms. The van der Waals surface area contributed by atoms with Gasteiger partial charge in [-0.05, 0) is 32.1 Å². The van der Waals surface area contributed by atoms with Crippen LogP contribution in [0.3, 0.4) is 0 Å². The van der Waals surface area contributed by atoms with Crippen LogP contribution in [0.1, 0.15) is 42.4 Å². The molecule has 3 rings (SSSR count). The van der Waals surface area contributed by atoms with Gasteiger partial charge in [-0.2, -0.15) is 0 Å². The SMILES string of the molecule is CCOC(=O)c1cc(COC(=O)NCCC2CC3=C(CNC3)C2)on1. The quantitative estimate of drug-likeness (QED) is 0.571. The van der Waals surface area contributed by atoms with Gasteiger partial charge in [0, 0.05) is 25.7 Å². The molecule has 0 saturated heterocycles. The average molecular weight is 349 g/mol. The molecule has 0 radical (unpaired) electrons. The molecule has 1 aromatic heterocycles. The molecule has 2 aliphatic rings. The van der Waals surface area contributed by atoms with Gasteiger partial charge in [-0.1, -0.05) is 16.3 Å². The van der Waals surface area contributed by atoms with Crippen LogP contribution in [0.4, 0.5) is 4.79 Å². The summed E-state index contributed by atoms with van der Waals surface area (Å²) in [6.45, 7) is 4.51. The normalized spacial score (nSPS) is 16.8. The minimum absolute atomic E-state index is 0.0668. The highest BCUT2D eigenvalue weighted by Gasteiger charge is 2.26. The van der Waals surface area contributed by atoms with Crippen molar-refractivity contribution >= 4 is 12.1 Å². The van der Waals surface area contributed by atoms with Gasteiger partial charge in [0.15, 0.2) is 18.1 Å². The van der Waals surface area contributed by atoms with Gasteiger partial charge >= 0.3 is 12.1 Å². The van der Waals surface area contributed by atoms with Crippen LogP contribution in [-0.4, -0.2) is 43.5 Å². The first kappa shape index (κ1) is 17.5. The maximum Gasteiger partial charge on any atom is 0.407 e. The lowest BCUT2D eigenvalue weighted by Gasteiger charge is -2.12. The summed E-state index contributed by atoms with van der Waals surface area (Å²) < 4.78 is 14.8. The van der Waals surface area contributed by atoms with E-state index in [1.54, 1.807) is 18.1 Å². The van der Waals surface area contributed by atoms with E-state index in [0.717, 1.165) is 32.4 Å². The first-order chi connectivity index (χ1) is 12.2. The Bertz CT molecular complexity index is 651. The molecule has 1 aliphatic carbocycles. The van der Waals surface area contributed by atoms with Gasteiger partial charge in [0.1, 0.15) is 0 Å². The molecular weight excluding hydrogens is 326 g/mol. The molecule has 1 amide bonds. The van der Waals surface area contributed by atoms with E-state index in [2.05, 4.69) is 15.8 Å². The fourth-order valence-electron chi connectivity index (χ4n) is 3.27. The van der Waals surface area contributed by atoms with Crippen LogP contribution in [0.5, 0.6) is 0 Å². The number of alkyl carbamates (subject to hydrolysis) is 1. The number of rotatable bonds is 7. The summed E-state index contributed by atoms with van der Waals surface area (Å²) in [5.41, 5.74) is 3.17. The van der Waals surface area contributed by atoms with E-state index < -0.39 is 12.1 Å². The summed E-state index contributed by atoms with van der Waals surface area (Å²) in [7, 11) is 0. The Morgan fingerprint density at radius 1 is 1.32 bits per heavy atom. The standard InChI is InChI=1S/C17H23N3O5/c1-2-23-16(21)15-7-14(25-20-15)10-24-17(22)19-4-3-11-5-12-8-18-9-13(12)6-11/h7,11,18H,2-6,8-10H2,1H3,(H,19,22). The number of carbonyl (C=O) groups is 2. The highest BCUT2D eigenvalue weighted by molar-refractivity contribution is 5.87. The molecule has 2 heterocycles. The third-order valence-electron chi connectivity index (χ3n) is 4.46. The van der Waals surface area contributed by atoms with Gasteiger partial charge in [-0.15, -0.1) is 0 Å². The van der Waals surface area contributed by atoms with Crippen LogP contribution in [0.15, 0.2) is 21.7 Å². The minimum atomic E-state index is -0.561. The lowest BCUT2D eigenvalue weighted by atomic mass is 10.0. The smallest absolute Gasteiger partial charge is 0.407 e. The van der Waals surface area contributed by atoms with Gasteiger partial charge in [0.2, 0.25) is 0 Å². The number of esters is 1. The van der Waals surface area contributed by atoms with Crippen LogP contribution in [0, 0.1) is 5.92 Å². The largest absolute Gasteiger partial charge is 0.461 e. The number of aromatic nitrogens is 1. The molecule has 0 atom stereocenters. The van der Waals surface area contributed by atoms with Gasteiger partial charge in [0.25, 0.3) is 0 Å². The molecule has 25 heavy (non-hydrogen) atoms. The molecule has 136 valence electrons. The second kappa shape index (κ2) is 8.15. The molecule has 0 unspecified atom stereocenters. The number of nitrogens with zero attached hydrogens (tertiary/aromatic N) is 1. The molecule has 0 fully saturated rings. The summed E-state index contributed by atoms with van der Waals surface area (Å²) in [6.07, 6.45) is 2.70. The van der Waals surface area contributed by atoms with Crippen molar-refractivity contribution in [3.8, 4) is 0 Å². The van der Waals surface area contributed by atoms with Gasteiger partial charge < -0.3 is 24.6 Å². The predicted octanol–water partition coefficient (Wildman–Crippen LogP) is 1.78. The number of amides is 1. The molecule has 8 heteroatoms. The molecule has 1 aliphatic heterocycles. The molecule has 8 nitrogen and oxygen atoms in total. The van der Waals surface area contributed by atoms with E-state index in [1.807, 2.05) is 0 Å². The van der Waals surface area contributed by atoms with Crippen molar-refractivity contribution in [2.45, 2.75) is 32.8 Å². The van der Waals surface area contributed by atoms with Crippen LogP contribution >= 0.6 is 0 Å². The lowest BCUT2D eigenvalue weighted by molar-refractivity contribution is 0.0514. The van der Waals surface area contributed by atoms with Crippen LogP contribution in [-0.2, 0) is 16.1 Å². The summed E-state index contributed by atoms with van der Waals surface area (Å²) in [4.78, 5) is 23.2. The second-order valence-corrected chi connectivity index (χ2v) is 6.28. The predicted molar refractivity (Wildman–Crippen MR) is 87.9 cm³/mol. The average Bonchev–Trinajstić information content (AvgIpc) is 3.29. The summed E-state index contributed by atoms with van der Waals surface area (Å²) in [5, 5.41) is 9.69. The molecular formula is C17H23N3O5. The van der Waals surface area contributed by atoms with Crippen LogP contribution < -0.4 is 10.6 Å².